The number of aliphatic hydroxyl groups excluding tert-OH is 1. The Morgan fingerprint density at radius 1 is 1.23 bits per heavy atom. The van der Waals surface area contributed by atoms with Crippen molar-refractivity contribution in [2.45, 2.75) is 63.4 Å². The van der Waals surface area contributed by atoms with Crippen molar-refractivity contribution in [2.75, 3.05) is 24.5 Å². The molecule has 0 aromatic carbocycles. The summed E-state index contributed by atoms with van der Waals surface area (Å²) in [5, 5.41) is 18.3. The van der Waals surface area contributed by atoms with Gasteiger partial charge in [-0.2, -0.15) is 5.10 Å². The van der Waals surface area contributed by atoms with E-state index in [1.807, 2.05) is 10.9 Å². The molecule has 5 atom stereocenters. The van der Waals surface area contributed by atoms with E-state index in [9.17, 15) is 5.11 Å². The van der Waals surface area contributed by atoms with Gasteiger partial charge in [0, 0.05) is 55.9 Å². The zero-order chi connectivity index (χ0) is 20.5. The lowest BCUT2D eigenvalue weighted by Gasteiger charge is -2.34. The first-order chi connectivity index (χ1) is 14.7. The van der Waals surface area contributed by atoms with Crippen LogP contribution in [0.3, 0.4) is 0 Å². The minimum absolute atomic E-state index is 0.178. The predicted molar refractivity (Wildman–Crippen MR) is 116 cm³/mol. The Bertz CT molecular complexity index is 856. The minimum atomic E-state index is -0.261. The van der Waals surface area contributed by atoms with Crippen LogP contribution >= 0.6 is 0 Å². The van der Waals surface area contributed by atoms with E-state index in [0.29, 0.717) is 24.5 Å². The number of β-amino-alcohol motifs (C(OH)–C–C–N with tert-alkyl or cyclic N) is 1. The maximum absolute atomic E-state index is 10.2. The molecule has 3 aliphatic rings. The highest BCUT2D eigenvalue weighted by Crippen LogP contribution is 2.38. The van der Waals surface area contributed by atoms with Gasteiger partial charge in [0.15, 0.2) is 0 Å². The summed E-state index contributed by atoms with van der Waals surface area (Å²) in [6, 6.07) is 7.20. The van der Waals surface area contributed by atoms with Gasteiger partial charge in [0.25, 0.3) is 0 Å². The van der Waals surface area contributed by atoms with Crippen molar-refractivity contribution in [3.8, 4) is 0 Å². The number of hydrazine groups is 1. The zero-order valence-corrected chi connectivity index (χ0v) is 17.7. The van der Waals surface area contributed by atoms with Crippen molar-refractivity contribution in [3.63, 3.8) is 0 Å². The Hall–Kier alpha value is -2.00. The lowest BCUT2D eigenvalue weighted by Crippen LogP contribution is -2.46. The number of piperidine rings is 1. The smallest absolute Gasteiger partial charge is 0.128 e. The predicted octanol–water partition coefficient (Wildman–Crippen LogP) is 1.52. The summed E-state index contributed by atoms with van der Waals surface area (Å²) in [5.41, 5.74) is 9.34. The number of pyridine rings is 1. The van der Waals surface area contributed by atoms with Gasteiger partial charge in [0.05, 0.1) is 24.0 Å². The fourth-order valence-electron chi connectivity index (χ4n) is 5.17. The number of aryl methyl sites for hydroxylation is 1. The lowest BCUT2D eigenvalue weighted by molar-refractivity contribution is 0.174. The van der Waals surface area contributed by atoms with Gasteiger partial charge >= 0.3 is 0 Å². The molecule has 8 heteroatoms. The summed E-state index contributed by atoms with van der Waals surface area (Å²) in [6.07, 6.45) is 8.01. The third-order valence-electron chi connectivity index (χ3n) is 6.89. The van der Waals surface area contributed by atoms with E-state index in [1.54, 1.807) is 0 Å². The van der Waals surface area contributed by atoms with Crippen molar-refractivity contribution >= 4 is 5.82 Å². The van der Waals surface area contributed by atoms with Crippen LogP contribution in [0.4, 0.5) is 5.82 Å². The van der Waals surface area contributed by atoms with E-state index in [0.717, 1.165) is 56.8 Å². The fraction of sp³-hybridized carbons (Fsp3) is 0.636. The third kappa shape index (κ3) is 3.97. The second-order valence-electron chi connectivity index (χ2n) is 8.88. The van der Waals surface area contributed by atoms with Crippen LogP contribution in [0.1, 0.15) is 55.9 Å². The molecule has 5 heterocycles. The van der Waals surface area contributed by atoms with Crippen LogP contribution in [0.2, 0.25) is 0 Å². The Morgan fingerprint density at radius 3 is 3.03 bits per heavy atom. The van der Waals surface area contributed by atoms with E-state index in [-0.39, 0.29) is 12.1 Å². The van der Waals surface area contributed by atoms with Gasteiger partial charge in [0.2, 0.25) is 0 Å². The Morgan fingerprint density at radius 2 is 2.17 bits per heavy atom. The summed E-state index contributed by atoms with van der Waals surface area (Å²) < 4.78 is 1.99. The minimum Gasteiger partial charge on any atom is -0.391 e. The van der Waals surface area contributed by atoms with Crippen LogP contribution in [0.5, 0.6) is 0 Å². The van der Waals surface area contributed by atoms with Gasteiger partial charge in [-0.25, -0.2) is 10.4 Å². The van der Waals surface area contributed by atoms with Crippen LogP contribution in [-0.2, 0) is 6.54 Å². The molecule has 8 nitrogen and oxygen atoms in total. The highest BCUT2D eigenvalue weighted by atomic mass is 16.3. The molecule has 0 aliphatic carbocycles. The molecule has 4 N–H and O–H groups in total. The number of fused-ring (bicyclic) bond motifs is 1. The maximum Gasteiger partial charge on any atom is 0.128 e. The van der Waals surface area contributed by atoms with Crippen molar-refractivity contribution < 1.29 is 5.11 Å². The summed E-state index contributed by atoms with van der Waals surface area (Å²) >= 11 is 0. The average Bonchev–Trinajstić information content (AvgIpc) is 3.37. The highest BCUT2D eigenvalue weighted by molar-refractivity contribution is 5.40. The van der Waals surface area contributed by atoms with Crippen LogP contribution in [0.15, 0.2) is 30.6 Å². The molecule has 2 aromatic rings. The first-order valence-corrected chi connectivity index (χ1v) is 11.4. The number of nitrogens with one attached hydrogen (secondary N) is 3. The number of aromatic nitrogens is 3. The van der Waals surface area contributed by atoms with Crippen LogP contribution in [0.25, 0.3) is 0 Å². The molecule has 0 saturated carbocycles. The van der Waals surface area contributed by atoms with Gasteiger partial charge in [0.1, 0.15) is 5.82 Å². The number of hydrogen-bond acceptors (Lipinski definition) is 7. The van der Waals surface area contributed by atoms with Crippen LogP contribution < -0.4 is 21.1 Å². The molecule has 0 radical (unpaired) electrons. The molecule has 30 heavy (non-hydrogen) atoms. The van der Waals surface area contributed by atoms with Crippen molar-refractivity contribution in [3.05, 3.63) is 41.9 Å². The summed E-state index contributed by atoms with van der Waals surface area (Å²) in [7, 11) is 0. The van der Waals surface area contributed by atoms with E-state index in [4.69, 9.17) is 4.98 Å². The SMILES string of the molecule is CCn1cc(C2CC3C(CN2)NNC3c2cccc(N3CCCCC(O)C3)n2)cn1. The molecular formula is C22H33N7O. The van der Waals surface area contributed by atoms with E-state index in [1.165, 1.54) is 5.56 Å². The largest absolute Gasteiger partial charge is 0.391 e. The Kier molecular flexibility index (Phi) is 5.73. The summed E-state index contributed by atoms with van der Waals surface area (Å²) in [4.78, 5) is 7.28. The third-order valence-corrected chi connectivity index (χ3v) is 6.89. The van der Waals surface area contributed by atoms with Gasteiger partial charge < -0.3 is 15.3 Å². The number of nitrogens with zero attached hydrogens (tertiary/aromatic N) is 4. The van der Waals surface area contributed by atoms with E-state index < -0.39 is 0 Å². The molecule has 3 aliphatic heterocycles. The first-order valence-electron chi connectivity index (χ1n) is 11.4. The van der Waals surface area contributed by atoms with Gasteiger partial charge in [-0.05, 0) is 44.7 Å². The molecule has 5 rings (SSSR count). The molecule has 5 unspecified atom stereocenters. The lowest BCUT2D eigenvalue weighted by atomic mass is 9.82. The molecular weight excluding hydrogens is 378 g/mol. The van der Waals surface area contributed by atoms with Crippen LogP contribution in [-0.4, -0.2) is 51.7 Å². The standard InChI is InChI=1S/C22H33N7O/c1-2-29-13-15(11-24-29)19-10-17-20(12-23-19)26-27-22(17)18-7-5-8-21(25-18)28-9-4-3-6-16(30)14-28/h5,7-8,11,13,16-17,19-20,22-23,26-27,30H,2-4,6,9-10,12,14H2,1H3. The fourth-order valence-corrected chi connectivity index (χ4v) is 5.17. The Balaban J connectivity index is 1.34. The van der Waals surface area contributed by atoms with Crippen molar-refractivity contribution in [1.82, 2.24) is 30.9 Å². The normalized spacial score (nSPS) is 32.1. The molecule has 162 valence electrons. The monoisotopic (exact) mass is 411 g/mol. The quantitative estimate of drug-likeness (QED) is 0.606. The number of anilines is 1. The molecule has 2 aromatic heterocycles. The van der Waals surface area contributed by atoms with Gasteiger partial charge in [-0.15, -0.1) is 0 Å². The van der Waals surface area contributed by atoms with Gasteiger partial charge in [-0.3, -0.25) is 10.1 Å². The molecule has 0 spiro atoms. The summed E-state index contributed by atoms with van der Waals surface area (Å²) in [5.74, 6) is 1.44. The molecule has 0 bridgehead atoms. The maximum atomic E-state index is 10.2. The van der Waals surface area contributed by atoms with Gasteiger partial charge in [-0.1, -0.05) is 6.07 Å². The number of hydrogen-bond donors (Lipinski definition) is 4. The Labute approximate surface area is 178 Å². The second kappa shape index (κ2) is 8.63. The summed E-state index contributed by atoms with van der Waals surface area (Å²) in [6.45, 7) is 5.57. The highest BCUT2D eigenvalue weighted by Gasteiger charge is 2.42. The van der Waals surface area contributed by atoms with Crippen molar-refractivity contribution in [2.24, 2.45) is 5.92 Å². The van der Waals surface area contributed by atoms with Crippen molar-refractivity contribution in [1.29, 1.82) is 0 Å². The molecule has 0 amide bonds. The number of aliphatic hydroxyl groups is 1. The molecule has 3 saturated heterocycles. The zero-order valence-electron chi connectivity index (χ0n) is 17.7. The molecule has 3 fully saturated rings. The topological polar surface area (TPSA) is 90.3 Å². The van der Waals surface area contributed by atoms with E-state index >= 15 is 0 Å². The second-order valence-corrected chi connectivity index (χ2v) is 8.88. The van der Waals surface area contributed by atoms with E-state index in [2.05, 4.69) is 57.5 Å². The average molecular weight is 412 g/mol. The number of rotatable bonds is 4. The van der Waals surface area contributed by atoms with Crippen LogP contribution in [0, 0.1) is 5.92 Å². The first kappa shape index (κ1) is 19.9.